The van der Waals surface area contributed by atoms with Crippen molar-refractivity contribution in [2.75, 3.05) is 13.7 Å². The average Bonchev–Trinajstić information content (AvgIpc) is 3.00. The number of carboxylic acids is 1. The molecule has 1 fully saturated rings. The molecule has 8 heteroatoms. The van der Waals surface area contributed by atoms with Crippen LogP contribution in [0.1, 0.15) is 24.0 Å². The van der Waals surface area contributed by atoms with Crippen LogP contribution < -0.4 is 9.47 Å². The Bertz CT molecular complexity index is 975. The van der Waals surface area contributed by atoms with E-state index in [1.54, 1.807) is 19.3 Å². The van der Waals surface area contributed by atoms with Gasteiger partial charge in [-0.1, -0.05) is 60.4 Å². The zero-order valence-electron chi connectivity index (χ0n) is 16.4. The number of carbonyl (C=O) groups is 2. The molecule has 1 aliphatic rings. The van der Waals surface area contributed by atoms with Gasteiger partial charge in [0.25, 0.3) is 5.91 Å². The number of thiocarbonyl (C=S) groups is 1. The third kappa shape index (κ3) is 5.61. The first-order chi connectivity index (χ1) is 14.5. The number of carbonyl (C=O) groups excluding carboxylic acids is 1. The van der Waals surface area contributed by atoms with Gasteiger partial charge in [0.1, 0.15) is 10.9 Å². The molecule has 1 heterocycles. The fraction of sp³-hybridized carbons (Fsp3) is 0.227. The monoisotopic (exact) mass is 443 g/mol. The molecule has 2 aromatic carbocycles. The highest BCUT2D eigenvalue weighted by Crippen LogP contribution is 2.35. The van der Waals surface area contributed by atoms with Crippen LogP contribution in [0.4, 0.5) is 0 Å². The number of methoxy groups -OCH3 is 1. The average molecular weight is 444 g/mol. The zero-order valence-corrected chi connectivity index (χ0v) is 18.0. The minimum absolute atomic E-state index is 0.00327. The standard InChI is InChI=1S/C22H21NO5S2/c1-27-17-10-9-16(12-18(17)28-14-15-6-3-2-4-7-15)13-19-21(26)23(22(29)30-19)11-5-8-20(24)25/h2-4,6-7,9-10,12-13H,5,8,11,14H2,1H3,(H,24,25)/b19-13-. The summed E-state index contributed by atoms with van der Waals surface area (Å²) in [7, 11) is 1.58. The Kier molecular flexibility index (Phi) is 7.48. The molecule has 1 aliphatic heterocycles. The minimum atomic E-state index is -0.891. The van der Waals surface area contributed by atoms with Gasteiger partial charge in [-0.05, 0) is 35.8 Å². The first-order valence-corrected chi connectivity index (χ1v) is 10.5. The highest BCUT2D eigenvalue weighted by Gasteiger charge is 2.31. The quantitative estimate of drug-likeness (QED) is 0.456. The topological polar surface area (TPSA) is 76.1 Å². The molecule has 0 radical (unpaired) electrons. The van der Waals surface area contributed by atoms with Crippen molar-refractivity contribution >= 4 is 46.3 Å². The van der Waals surface area contributed by atoms with E-state index in [0.29, 0.717) is 40.3 Å². The normalized spacial score (nSPS) is 15.0. The van der Waals surface area contributed by atoms with Crippen LogP contribution in [0.25, 0.3) is 6.08 Å². The summed E-state index contributed by atoms with van der Waals surface area (Å²) in [6.45, 7) is 0.689. The third-order valence-electron chi connectivity index (χ3n) is 4.37. The van der Waals surface area contributed by atoms with Gasteiger partial charge < -0.3 is 14.6 Å². The molecule has 2 aromatic rings. The van der Waals surface area contributed by atoms with E-state index >= 15 is 0 Å². The number of thioether (sulfide) groups is 1. The number of ether oxygens (including phenoxy) is 2. The fourth-order valence-corrected chi connectivity index (χ4v) is 4.17. The molecule has 0 spiro atoms. The van der Waals surface area contributed by atoms with Gasteiger partial charge in [0.15, 0.2) is 11.5 Å². The highest BCUT2D eigenvalue weighted by atomic mass is 32.2. The lowest BCUT2D eigenvalue weighted by atomic mass is 10.1. The summed E-state index contributed by atoms with van der Waals surface area (Å²) in [6, 6.07) is 15.2. The lowest BCUT2D eigenvalue weighted by molar-refractivity contribution is -0.137. The number of aliphatic carboxylic acids is 1. The molecule has 156 valence electrons. The van der Waals surface area contributed by atoms with Crippen molar-refractivity contribution in [3.8, 4) is 11.5 Å². The van der Waals surface area contributed by atoms with Crippen LogP contribution in [-0.4, -0.2) is 39.9 Å². The molecule has 6 nitrogen and oxygen atoms in total. The van der Waals surface area contributed by atoms with Crippen LogP contribution in [0.5, 0.6) is 11.5 Å². The van der Waals surface area contributed by atoms with Crippen LogP contribution in [0.15, 0.2) is 53.4 Å². The summed E-state index contributed by atoms with van der Waals surface area (Å²) in [5, 5.41) is 8.78. The van der Waals surface area contributed by atoms with E-state index in [1.165, 1.54) is 16.7 Å². The Morgan fingerprint density at radius 1 is 1.20 bits per heavy atom. The summed E-state index contributed by atoms with van der Waals surface area (Å²) in [5.74, 6) is 0.0755. The van der Waals surface area contributed by atoms with Crippen molar-refractivity contribution < 1.29 is 24.2 Å². The predicted molar refractivity (Wildman–Crippen MR) is 121 cm³/mol. The van der Waals surface area contributed by atoms with Crippen molar-refractivity contribution in [1.82, 2.24) is 4.90 Å². The number of hydrogen-bond donors (Lipinski definition) is 1. The van der Waals surface area contributed by atoms with Crippen LogP contribution in [0.3, 0.4) is 0 Å². The molecule has 0 atom stereocenters. The SMILES string of the molecule is COc1ccc(/C=C2\SC(=S)N(CCCC(=O)O)C2=O)cc1OCc1ccccc1. The number of amides is 1. The largest absolute Gasteiger partial charge is 0.493 e. The van der Waals surface area contributed by atoms with Crippen molar-refractivity contribution in [2.24, 2.45) is 0 Å². The van der Waals surface area contributed by atoms with Gasteiger partial charge in [-0.15, -0.1) is 0 Å². The second-order valence-electron chi connectivity index (χ2n) is 6.52. The van der Waals surface area contributed by atoms with Gasteiger partial charge in [-0.2, -0.15) is 0 Å². The first kappa shape index (κ1) is 21.9. The van der Waals surface area contributed by atoms with E-state index in [0.717, 1.165) is 11.1 Å². The Labute approximate surface area is 184 Å². The smallest absolute Gasteiger partial charge is 0.303 e. The van der Waals surface area contributed by atoms with E-state index in [1.807, 2.05) is 42.5 Å². The van der Waals surface area contributed by atoms with E-state index < -0.39 is 5.97 Å². The van der Waals surface area contributed by atoms with Gasteiger partial charge in [-0.3, -0.25) is 14.5 Å². The Morgan fingerprint density at radius 2 is 1.97 bits per heavy atom. The molecule has 30 heavy (non-hydrogen) atoms. The second-order valence-corrected chi connectivity index (χ2v) is 8.19. The summed E-state index contributed by atoms with van der Waals surface area (Å²) in [5.41, 5.74) is 1.82. The van der Waals surface area contributed by atoms with Crippen molar-refractivity contribution in [1.29, 1.82) is 0 Å². The molecule has 1 amide bonds. The van der Waals surface area contributed by atoms with Crippen LogP contribution >= 0.6 is 24.0 Å². The maximum Gasteiger partial charge on any atom is 0.303 e. The lowest BCUT2D eigenvalue weighted by Crippen LogP contribution is -2.29. The molecule has 0 aromatic heterocycles. The number of benzene rings is 2. The molecule has 3 rings (SSSR count). The number of carboxylic acid groups (broad SMARTS) is 1. The van der Waals surface area contributed by atoms with Crippen molar-refractivity contribution in [2.45, 2.75) is 19.4 Å². The number of rotatable bonds is 9. The van der Waals surface area contributed by atoms with E-state index in [4.69, 9.17) is 26.8 Å². The summed E-state index contributed by atoms with van der Waals surface area (Å²) >= 11 is 6.50. The molecule has 0 aliphatic carbocycles. The van der Waals surface area contributed by atoms with Gasteiger partial charge in [0, 0.05) is 13.0 Å². The molecular weight excluding hydrogens is 422 g/mol. The molecule has 0 unspecified atom stereocenters. The third-order valence-corrected chi connectivity index (χ3v) is 5.75. The molecule has 1 saturated heterocycles. The van der Waals surface area contributed by atoms with Crippen LogP contribution in [-0.2, 0) is 16.2 Å². The van der Waals surface area contributed by atoms with Crippen molar-refractivity contribution in [3.63, 3.8) is 0 Å². The summed E-state index contributed by atoms with van der Waals surface area (Å²) < 4.78 is 11.7. The Hall–Kier alpha value is -2.84. The second kappa shape index (κ2) is 10.3. The van der Waals surface area contributed by atoms with Gasteiger partial charge >= 0.3 is 5.97 Å². The first-order valence-electron chi connectivity index (χ1n) is 9.30. The molecule has 0 bridgehead atoms. The predicted octanol–water partition coefficient (Wildman–Crippen LogP) is 4.34. The minimum Gasteiger partial charge on any atom is -0.493 e. The zero-order chi connectivity index (χ0) is 21.5. The van der Waals surface area contributed by atoms with Crippen LogP contribution in [0.2, 0.25) is 0 Å². The Morgan fingerprint density at radius 3 is 2.67 bits per heavy atom. The number of nitrogens with zero attached hydrogens (tertiary/aromatic N) is 1. The van der Waals surface area contributed by atoms with Gasteiger partial charge in [-0.25, -0.2) is 0 Å². The molecule has 0 saturated carbocycles. The van der Waals surface area contributed by atoms with E-state index in [-0.39, 0.29) is 12.3 Å². The van der Waals surface area contributed by atoms with Crippen LogP contribution in [0, 0.1) is 0 Å². The van der Waals surface area contributed by atoms with Crippen molar-refractivity contribution in [3.05, 3.63) is 64.6 Å². The Balaban J connectivity index is 1.73. The lowest BCUT2D eigenvalue weighted by Gasteiger charge is -2.13. The van der Waals surface area contributed by atoms with Gasteiger partial charge in [0.2, 0.25) is 0 Å². The summed E-state index contributed by atoms with van der Waals surface area (Å²) in [4.78, 5) is 25.3. The van der Waals surface area contributed by atoms with E-state index in [2.05, 4.69) is 0 Å². The molecule has 1 N–H and O–H groups in total. The maximum atomic E-state index is 12.7. The number of hydrogen-bond acceptors (Lipinski definition) is 6. The maximum absolute atomic E-state index is 12.7. The summed E-state index contributed by atoms with van der Waals surface area (Å²) in [6.07, 6.45) is 2.11. The van der Waals surface area contributed by atoms with Gasteiger partial charge in [0.05, 0.1) is 12.0 Å². The molecular formula is C22H21NO5S2. The van der Waals surface area contributed by atoms with E-state index in [9.17, 15) is 9.59 Å². The highest BCUT2D eigenvalue weighted by molar-refractivity contribution is 8.26. The fourth-order valence-electron chi connectivity index (χ4n) is 2.86.